The van der Waals surface area contributed by atoms with Crippen molar-refractivity contribution in [1.29, 1.82) is 5.26 Å². The molecule has 6 heteroatoms. The molecule has 0 spiro atoms. The summed E-state index contributed by atoms with van der Waals surface area (Å²) < 4.78 is 0. The summed E-state index contributed by atoms with van der Waals surface area (Å²) in [6.45, 7) is 2.67. The van der Waals surface area contributed by atoms with Gasteiger partial charge in [-0.05, 0) is 48.1 Å². The molecule has 0 radical (unpaired) electrons. The normalized spacial score (nSPS) is 15.8. The van der Waals surface area contributed by atoms with Crippen LogP contribution in [0, 0.1) is 27.4 Å². The lowest BCUT2D eigenvalue weighted by Crippen LogP contribution is -2.39. The smallest absolute Gasteiger partial charge is 0.269 e. The molecule has 0 saturated carbocycles. The number of non-ortho nitro benzene ring substituents is 1. The molecule has 1 aliphatic rings. The van der Waals surface area contributed by atoms with Gasteiger partial charge in [0, 0.05) is 30.8 Å². The van der Waals surface area contributed by atoms with Gasteiger partial charge < -0.3 is 4.90 Å². The number of hydrogen-bond donors (Lipinski definition) is 0. The van der Waals surface area contributed by atoms with Crippen LogP contribution in [-0.2, 0) is 17.6 Å². The Morgan fingerprint density at radius 2 is 2.04 bits per heavy atom. The fourth-order valence-corrected chi connectivity index (χ4v) is 3.33. The van der Waals surface area contributed by atoms with Crippen molar-refractivity contribution < 1.29 is 9.72 Å². The van der Waals surface area contributed by atoms with Gasteiger partial charge in [0.1, 0.15) is 0 Å². The Morgan fingerprint density at radius 1 is 1.31 bits per heavy atom. The first-order chi connectivity index (χ1) is 12.5. The van der Waals surface area contributed by atoms with Crippen LogP contribution in [0.15, 0.2) is 42.5 Å². The van der Waals surface area contributed by atoms with Crippen LogP contribution < -0.4 is 4.90 Å². The molecular formula is C20H19N3O3. The molecule has 0 aliphatic carbocycles. The summed E-state index contributed by atoms with van der Waals surface area (Å²) in [5.74, 6) is 0.263. The lowest BCUT2D eigenvalue weighted by atomic mass is 9.93. The number of carbonyl (C=O) groups is 1. The van der Waals surface area contributed by atoms with Crippen LogP contribution in [0.4, 0.5) is 11.4 Å². The zero-order valence-corrected chi connectivity index (χ0v) is 14.5. The van der Waals surface area contributed by atoms with E-state index < -0.39 is 4.92 Å². The number of nitriles is 1. The zero-order chi connectivity index (χ0) is 18.7. The Hall–Kier alpha value is -3.20. The van der Waals surface area contributed by atoms with E-state index in [1.54, 1.807) is 29.2 Å². The van der Waals surface area contributed by atoms with Crippen LogP contribution in [0.5, 0.6) is 0 Å². The van der Waals surface area contributed by atoms with Gasteiger partial charge in [0.15, 0.2) is 0 Å². The van der Waals surface area contributed by atoms with Gasteiger partial charge in [-0.15, -0.1) is 0 Å². The van der Waals surface area contributed by atoms with Crippen molar-refractivity contribution in [3.8, 4) is 6.07 Å². The lowest BCUT2D eigenvalue weighted by molar-refractivity contribution is -0.384. The van der Waals surface area contributed by atoms with E-state index in [9.17, 15) is 14.9 Å². The van der Waals surface area contributed by atoms with Gasteiger partial charge >= 0.3 is 0 Å². The Morgan fingerprint density at radius 3 is 2.69 bits per heavy atom. The van der Waals surface area contributed by atoms with E-state index in [4.69, 9.17) is 5.26 Å². The van der Waals surface area contributed by atoms with Gasteiger partial charge in [-0.3, -0.25) is 14.9 Å². The lowest BCUT2D eigenvalue weighted by Gasteiger charge is -2.33. The molecular weight excluding hydrogens is 330 g/mol. The van der Waals surface area contributed by atoms with E-state index in [1.165, 1.54) is 6.07 Å². The first-order valence-corrected chi connectivity index (χ1v) is 8.54. The monoisotopic (exact) mass is 349 g/mol. The summed E-state index contributed by atoms with van der Waals surface area (Å²) in [5, 5.41) is 19.8. The highest BCUT2D eigenvalue weighted by Crippen LogP contribution is 2.33. The van der Waals surface area contributed by atoms with Crippen molar-refractivity contribution in [2.45, 2.75) is 26.2 Å². The van der Waals surface area contributed by atoms with Gasteiger partial charge in [-0.25, -0.2) is 0 Å². The molecule has 2 aromatic carbocycles. The van der Waals surface area contributed by atoms with Crippen molar-refractivity contribution >= 4 is 17.3 Å². The molecule has 0 fully saturated rings. The standard InChI is InChI=1S/C20H19N3O3/c1-14-10-17-11-18(23(25)26)7-8-19(17)22(13-14)20(24)9-6-15-2-4-16(12-21)5-3-15/h2-5,7-8,11,14H,6,9-10,13H2,1H3. The molecule has 3 rings (SSSR count). The van der Waals surface area contributed by atoms with E-state index in [-0.39, 0.29) is 17.5 Å². The fraction of sp³-hybridized carbons (Fsp3) is 0.300. The number of fused-ring (bicyclic) bond motifs is 1. The summed E-state index contributed by atoms with van der Waals surface area (Å²) in [6, 6.07) is 14.0. The second kappa shape index (κ2) is 7.36. The number of nitrogens with zero attached hydrogens (tertiary/aromatic N) is 3. The maximum atomic E-state index is 12.8. The summed E-state index contributed by atoms with van der Waals surface area (Å²) >= 11 is 0. The third kappa shape index (κ3) is 3.72. The van der Waals surface area contributed by atoms with Crippen LogP contribution in [0.25, 0.3) is 0 Å². The summed E-state index contributed by atoms with van der Waals surface area (Å²) in [6.07, 6.45) is 1.68. The molecule has 2 aromatic rings. The van der Waals surface area contributed by atoms with Gasteiger partial charge in [-0.1, -0.05) is 19.1 Å². The van der Waals surface area contributed by atoms with Crippen LogP contribution in [-0.4, -0.2) is 17.4 Å². The number of rotatable bonds is 4. The number of nitro groups is 1. The Labute approximate surface area is 151 Å². The second-order valence-corrected chi connectivity index (χ2v) is 6.69. The molecule has 0 bridgehead atoms. The zero-order valence-electron chi connectivity index (χ0n) is 14.5. The Balaban J connectivity index is 1.75. The molecule has 26 heavy (non-hydrogen) atoms. The number of nitro benzene ring substituents is 1. The summed E-state index contributed by atoms with van der Waals surface area (Å²) in [4.78, 5) is 25.1. The van der Waals surface area contributed by atoms with Gasteiger partial charge in [0.2, 0.25) is 5.91 Å². The number of aryl methyl sites for hydroxylation is 1. The molecule has 1 amide bonds. The van der Waals surface area contributed by atoms with Crippen LogP contribution in [0.2, 0.25) is 0 Å². The minimum Gasteiger partial charge on any atom is -0.312 e. The average molecular weight is 349 g/mol. The number of hydrogen-bond acceptors (Lipinski definition) is 4. The third-order valence-electron chi connectivity index (χ3n) is 4.64. The molecule has 6 nitrogen and oxygen atoms in total. The predicted octanol–water partition coefficient (Wildman–Crippen LogP) is 3.62. The molecule has 0 aromatic heterocycles. The second-order valence-electron chi connectivity index (χ2n) is 6.69. The highest BCUT2D eigenvalue weighted by molar-refractivity contribution is 5.95. The van der Waals surface area contributed by atoms with Crippen LogP contribution in [0.1, 0.15) is 30.0 Å². The molecule has 132 valence electrons. The largest absolute Gasteiger partial charge is 0.312 e. The van der Waals surface area contributed by atoms with Crippen LogP contribution >= 0.6 is 0 Å². The number of carbonyl (C=O) groups excluding carboxylic acids is 1. The van der Waals surface area contributed by atoms with Crippen molar-refractivity contribution in [2.24, 2.45) is 5.92 Å². The van der Waals surface area contributed by atoms with Gasteiger partial charge in [0.25, 0.3) is 5.69 Å². The van der Waals surface area contributed by atoms with Crippen molar-refractivity contribution in [3.05, 3.63) is 69.3 Å². The molecule has 1 unspecified atom stereocenters. The quantitative estimate of drug-likeness (QED) is 0.623. The fourth-order valence-electron chi connectivity index (χ4n) is 3.33. The van der Waals surface area contributed by atoms with Crippen molar-refractivity contribution in [1.82, 2.24) is 0 Å². The van der Waals surface area contributed by atoms with E-state index in [0.717, 1.165) is 23.2 Å². The van der Waals surface area contributed by atoms with E-state index in [1.807, 2.05) is 19.1 Å². The van der Waals surface area contributed by atoms with Crippen molar-refractivity contribution in [2.75, 3.05) is 11.4 Å². The van der Waals surface area contributed by atoms with Crippen molar-refractivity contribution in [3.63, 3.8) is 0 Å². The van der Waals surface area contributed by atoms with Gasteiger partial charge in [0.05, 0.1) is 16.6 Å². The van der Waals surface area contributed by atoms with Crippen LogP contribution in [0.3, 0.4) is 0 Å². The van der Waals surface area contributed by atoms with E-state index in [2.05, 4.69) is 6.07 Å². The minimum absolute atomic E-state index is 0.0102. The molecule has 0 N–H and O–H groups in total. The molecule has 1 aliphatic heterocycles. The Bertz CT molecular complexity index is 884. The average Bonchev–Trinajstić information content (AvgIpc) is 2.65. The van der Waals surface area contributed by atoms with E-state index in [0.29, 0.717) is 24.9 Å². The molecule has 1 atom stereocenters. The predicted molar refractivity (Wildman–Crippen MR) is 97.8 cm³/mol. The van der Waals surface area contributed by atoms with Gasteiger partial charge in [-0.2, -0.15) is 5.26 Å². The topological polar surface area (TPSA) is 87.2 Å². The molecule has 0 saturated heterocycles. The SMILES string of the molecule is CC1Cc2cc([N+](=O)[O-])ccc2N(C(=O)CCc2ccc(C#N)cc2)C1. The molecule has 1 heterocycles. The first-order valence-electron chi connectivity index (χ1n) is 8.54. The Kier molecular flexibility index (Phi) is 4.99. The maximum absolute atomic E-state index is 12.8. The first kappa shape index (κ1) is 17.6. The summed E-state index contributed by atoms with van der Waals surface area (Å²) in [7, 11) is 0. The maximum Gasteiger partial charge on any atom is 0.269 e. The number of amides is 1. The number of anilines is 1. The number of benzene rings is 2. The summed E-state index contributed by atoms with van der Waals surface area (Å²) in [5.41, 5.74) is 3.29. The van der Waals surface area contributed by atoms with E-state index >= 15 is 0 Å². The highest BCUT2D eigenvalue weighted by atomic mass is 16.6. The minimum atomic E-state index is -0.406. The third-order valence-corrected chi connectivity index (χ3v) is 4.64. The highest BCUT2D eigenvalue weighted by Gasteiger charge is 2.27.